The number of methoxy groups -OCH3 is 1. The molecule has 3 rings (SSSR count). The third-order valence-electron chi connectivity index (χ3n) is 6.78. The summed E-state index contributed by atoms with van der Waals surface area (Å²) < 4.78 is 34.9. The first kappa shape index (κ1) is 31.7. The second-order valence-corrected chi connectivity index (χ2v) is 12.5. The molecule has 1 N–H and O–H groups in total. The first-order valence-corrected chi connectivity index (χ1v) is 15.2. The Bertz CT molecular complexity index is 1450. The zero-order chi connectivity index (χ0) is 30.3. The Balaban J connectivity index is 2.13. The zero-order valence-electron chi connectivity index (χ0n) is 25.0. The van der Waals surface area contributed by atoms with Gasteiger partial charge in [-0.3, -0.25) is 13.9 Å². The quantitative estimate of drug-likeness (QED) is 0.320. The molecule has 0 fully saturated rings. The van der Waals surface area contributed by atoms with Gasteiger partial charge in [-0.2, -0.15) is 0 Å². The number of hydrogen-bond donors (Lipinski definition) is 1. The third kappa shape index (κ3) is 7.88. The van der Waals surface area contributed by atoms with E-state index in [2.05, 4.69) is 5.32 Å². The van der Waals surface area contributed by atoms with Crippen molar-refractivity contribution in [3.63, 3.8) is 0 Å². The van der Waals surface area contributed by atoms with E-state index in [1.165, 1.54) is 24.1 Å². The van der Waals surface area contributed by atoms with Crippen molar-refractivity contribution in [3.05, 3.63) is 89.0 Å². The highest BCUT2D eigenvalue weighted by Crippen LogP contribution is 2.34. The van der Waals surface area contributed by atoms with Crippen LogP contribution < -0.4 is 14.4 Å². The lowest BCUT2D eigenvalue weighted by atomic mass is 10.1. The summed E-state index contributed by atoms with van der Waals surface area (Å²) in [7, 11) is -2.74. The molecule has 0 radical (unpaired) electrons. The van der Waals surface area contributed by atoms with Gasteiger partial charge in [0.25, 0.3) is 10.0 Å². The maximum absolute atomic E-state index is 14.2. The Morgan fingerprint density at radius 2 is 1.44 bits per heavy atom. The van der Waals surface area contributed by atoms with Gasteiger partial charge in [0.05, 0.1) is 17.7 Å². The van der Waals surface area contributed by atoms with Crippen molar-refractivity contribution >= 4 is 27.5 Å². The standard InChI is InChI=1S/C32H41N3O5S/c1-8-28(32(37)33-22(2)3)34(20-26-14-9-23(4)10-15-26)31(36)21-35(29-19-25(6)13-18-30(29)40-7)41(38,39)27-16-11-24(5)12-17-27/h9-19,22,28H,8,20-21H2,1-7H3,(H,33,37)/t28-/m0/s1. The highest BCUT2D eigenvalue weighted by molar-refractivity contribution is 7.92. The van der Waals surface area contributed by atoms with Crippen molar-refractivity contribution < 1.29 is 22.7 Å². The number of nitrogens with zero attached hydrogens (tertiary/aromatic N) is 2. The first-order chi connectivity index (χ1) is 19.4. The normalized spacial score (nSPS) is 12.1. The van der Waals surface area contributed by atoms with Crippen molar-refractivity contribution in [2.45, 2.75) is 71.5 Å². The van der Waals surface area contributed by atoms with E-state index in [4.69, 9.17) is 4.74 Å². The van der Waals surface area contributed by atoms with Crippen LogP contribution in [0.25, 0.3) is 0 Å². The van der Waals surface area contributed by atoms with Crippen molar-refractivity contribution in [2.75, 3.05) is 18.0 Å². The van der Waals surface area contributed by atoms with Crippen LogP contribution in [-0.2, 0) is 26.2 Å². The summed E-state index contributed by atoms with van der Waals surface area (Å²) in [5.74, 6) is -0.478. The monoisotopic (exact) mass is 579 g/mol. The van der Waals surface area contributed by atoms with Gasteiger partial charge in [-0.15, -0.1) is 0 Å². The molecule has 0 aliphatic rings. The van der Waals surface area contributed by atoms with E-state index in [1.54, 1.807) is 24.3 Å². The number of benzene rings is 3. The summed E-state index contributed by atoms with van der Waals surface area (Å²) in [6.07, 6.45) is 0.356. The number of amides is 2. The Morgan fingerprint density at radius 1 is 0.878 bits per heavy atom. The molecule has 0 saturated heterocycles. The Kier molecular flexibility index (Phi) is 10.6. The predicted octanol–water partition coefficient (Wildman–Crippen LogP) is 5.15. The number of nitrogens with one attached hydrogen (secondary N) is 1. The van der Waals surface area contributed by atoms with Gasteiger partial charge in [-0.25, -0.2) is 8.42 Å². The molecule has 9 heteroatoms. The molecule has 0 aromatic heterocycles. The van der Waals surface area contributed by atoms with Gasteiger partial charge in [-0.05, 0) is 76.4 Å². The number of hydrogen-bond acceptors (Lipinski definition) is 5. The maximum Gasteiger partial charge on any atom is 0.264 e. The van der Waals surface area contributed by atoms with Gasteiger partial charge in [-0.1, -0.05) is 60.5 Å². The molecule has 0 unspecified atom stereocenters. The molecule has 0 aliphatic carbocycles. The molecule has 0 heterocycles. The van der Waals surface area contributed by atoms with Crippen molar-refractivity contribution in [1.82, 2.24) is 10.2 Å². The van der Waals surface area contributed by atoms with E-state index in [-0.39, 0.29) is 29.1 Å². The minimum absolute atomic E-state index is 0.0501. The second-order valence-electron chi connectivity index (χ2n) is 10.6. The topological polar surface area (TPSA) is 96.0 Å². The highest BCUT2D eigenvalue weighted by atomic mass is 32.2. The van der Waals surface area contributed by atoms with Gasteiger partial charge in [0.2, 0.25) is 11.8 Å². The minimum atomic E-state index is -4.19. The van der Waals surface area contributed by atoms with Crippen molar-refractivity contribution in [2.24, 2.45) is 0 Å². The van der Waals surface area contributed by atoms with E-state index in [1.807, 2.05) is 71.9 Å². The smallest absolute Gasteiger partial charge is 0.264 e. The number of rotatable bonds is 12. The van der Waals surface area contributed by atoms with E-state index >= 15 is 0 Å². The van der Waals surface area contributed by atoms with Gasteiger partial charge < -0.3 is 15.0 Å². The van der Waals surface area contributed by atoms with Crippen LogP contribution in [0.15, 0.2) is 71.6 Å². The molecule has 41 heavy (non-hydrogen) atoms. The molecule has 8 nitrogen and oxygen atoms in total. The minimum Gasteiger partial charge on any atom is -0.495 e. The van der Waals surface area contributed by atoms with Crippen LogP contribution in [-0.4, -0.2) is 50.9 Å². The van der Waals surface area contributed by atoms with Gasteiger partial charge in [0, 0.05) is 12.6 Å². The molecule has 2 amide bonds. The Hall–Kier alpha value is -3.85. The first-order valence-electron chi connectivity index (χ1n) is 13.8. The number of sulfonamides is 1. The van der Waals surface area contributed by atoms with Gasteiger partial charge >= 0.3 is 0 Å². The van der Waals surface area contributed by atoms with E-state index in [0.717, 1.165) is 26.6 Å². The molecule has 220 valence electrons. The highest BCUT2D eigenvalue weighted by Gasteiger charge is 2.35. The average Bonchev–Trinajstić information content (AvgIpc) is 2.92. The summed E-state index contributed by atoms with van der Waals surface area (Å²) in [5, 5.41) is 2.91. The molecular formula is C32H41N3O5S. The number of anilines is 1. The number of carbonyl (C=O) groups is 2. The largest absolute Gasteiger partial charge is 0.495 e. The predicted molar refractivity (Wildman–Crippen MR) is 163 cm³/mol. The van der Waals surface area contributed by atoms with Crippen LogP contribution in [0.2, 0.25) is 0 Å². The fourth-order valence-corrected chi connectivity index (χ4v) is 5.95. The van der Waals surface area contributed by atoms with Crippen LogP contribution >= 0.6 is 0 Å². The summed E-state index contributed by atoms with van der Waals surface area (Å²) in [6, 6.07) is 18.5. The van der Waals surface area contributed by atoms with E-state index in [0.29, 0.717) is 12.2 Å². The SMILES string of the molecule is CC[C@@H](C(=O)NC(C)C)N(Cc1ccc(C)cc1)C(=O)CN(c1cc(C)ccc1OC)S(=O)(=O)c1ccc(C)cc1. The van der Waals surface area contributed by atoms with Gasteiger partial charge in [0.1, 0.15) is 18.3 Å². The van der Waals surface area contributed by atoms with Gasteiger partial charge in [0.15, 0.2) is 0 Å². The number of ether oxygens (including phenoxy) is 1. The van der Waals surface area contributed by atoms with Crippen LogP contribution in [0, 0.1) is 20.8 Å². The Morgan fingerprint density at radius 3 is 1.98 bits per heavy atom. The fourth-order valence-electron chi connectivity index (χ4n) is 4.54. The average molecular weight is 580 g/mol. The van der Waals surface area contributed by atoms with Crippen LogP contribution in [0.4, 0.5) is 5.69 Å². The second kappa shape index (κ2) is 13.7. The fraction of sp³-hybridized carbons (Fsp3) is 0.375. The lowest BCUT2D eigenvalue weighted by Crippen LogP contribution is -2.53. The zero-order valence-corrected chi connectivity index (χ0v) is 25.8. The lowest BCUT2D eigenvalue weighted by Gasteiger charge is -2.34. The summed E-state index contributed by atoms with van der Waals surface area (Å²) in [5.41, 5.74) is 3.86. The summed E-state index contributed by atoms with van der Waals surface area (Å²) in [6.45, 7) is 10.9. The molecule has 3 aromatic carbocycles. The number of aryl methyl sites for hydroxylation is 3. The van der Waals surface area contributed by atoms with Crippen molar-refractivity contribution in [3.8, 4) is 5.75 Å². The maximum atomic E-state index is 14.2. The lowest BCUT2D eigenvalue weighted by molar-refractivity contribution is -0.140. The molecule has 1 atom stereocenters. The van der Waals surface area contributed by atoms with E-state index < -0.39 is 28.5 Å². The molecule has 0 spiro atoms. The van der Waals surface area contributed by atoms with Crippen LogP contribution in [0.5, 0.6) is 5.75 Å². The van der Waals surface area contributed by atoms with Crippen LogP contribution in [0.3, 0.4) is 0 Å². The third-order valence-corrected chi connectivity index (χ3v) is 8.56. The summed E-state index contributed by atoms with van der Waals surface area (Å²) in [4.78, 5) is 29.0. The summed E-state index contributed by atoms with van der Waals surface area (Å²) >= 11 is 0. The van der Waals surface area contributed by atoms with E-state index in [9.17, 15) is 18.0 Å². The molecule has 0 aliphatic heterocycles. The Labute approximate surface area is 244 Å². The molecular weight excluding hydrogens is 538 g/mol. The molecule has 3 aromatic rings. The molecule has 0 saturated carbocycles. The van der Waals surface area contributed by atoms with Crippen molar-refractivity contribution in [1.29, 1.82) is 0 Å². The van der Waals surface area contributed by atoms with Crippen LogP contribution in [0.1, 0.15) is 49.4 Å². The molecule has 0 bridgehead atoms. The number of carbonyl (C=O) groups excluding carboxylic acids is 2.